The molecule has 0 aliphatic heterocycles. The Morgan fingerprint density at radius 3 is 2.32 bits per heavy atom. The number of hydrogen-bond donors (Lipinski definition) is 1. The van der Waals surface area contributed by atoms with Crippen molar-refractivity contribution in [3.8, 4) is 21.8 Å². The number of amides is 1. The summed E-state index contributed by atoms with van der Waals surface area (Å²) in [6.07, 6.45) is 0. The van der Waals surface area contributed by atoms with Crippen LogP contribution in [0.2, 0.25) is 0 Å². The number of hydrogen-bond acceptors (Lipinski definition) is 3. The highest BCUT2D eigenvalue weighted by Gasteiger charge is 2.20. The normalized spacial score (nSPS) is 11.3. The Labute approximate surface area is 152 Å². The Morgan fingerprint density at radius 1 is 1.00 bits per heavy atom. The van der Waals surface area contributed by atoms with E-state index in [9.17, 15) is 4.79 Å². The smallest absolute Gasteiger partial charge is 0.225 e. The molecule has 0 radical (unpaired) electrons. The molecule has 3 nitrogen and oxygen atoms in total. The van der Waals surface area contributed by atoms with Crippen molar-refractivity contribution in [1.29, 1.82) is 0 Å². The molecule has 0 aliphatic rings. The standard InChI is InChI=1S/C21H22N2OS/c1-21(2,3)20(24)22-13-15-9-11-17(12-10-15)19-23-18(14-25-19)16-7-5-4-6-8-16/h4-12,14H,13H2,1-3H3,(H,22,24). The molecular weight excluding hydrogens is 328 g/mol. The molecule has 1 amide bonds. The van der Waals surface area contributed by atoms with E-state index in [1.807, 2.05) is 51.1 Å². The van der Waals surface area contributed by atoms with Crippen molar-refractivity contribution in [3.63, 3.8) is 0 Å². The second kappa shape index (κ2) is 7.19. The van der Waals surface area contributed by atoms with Crippen molar-refractivity contribution in [2.75, 3.05) is 0 Å². The van der Waals surface area contributed by atoms with Gasteiger partial charge < -0.3 is 5.32 Å². The van der Waals surface area contributed by atoms with Crippen LogP contribution in [0, 0.1) is 5.41 Å². The van der Waals surface area contributed by atoms with E-state index in [0.717, 1.165) is 27.4 Å². The minimum Gasteiger partial charge on any atom is -0.352 e. The lowest BCUT2D eigenvalue weighted by Crippen LogP contribution is -2.34. The first-order chi connectivity index (χ1) is 11.9. The van der Waals surface area contributed by atoms with Gasteiger partial charge in [-0.15, -0.1) is 11.3 Å². The number of thiazole rings is 1. The molecule has 1 heterocycles. The van der Waals surface area contributed by atoms with Gasteiger partial charge in [-0.2, -0.15) is 0 Å². The summed E-state index contributed by atoms with van der Waals surface area (Å²) in [5, 5.41) is 6.06. The SMILES string of the molecule is CC(C)(C)C(=O)NCc1ccc(-c2nc(-c3ccccc3)cs2)cc1. The monoisotopic (exact) mass is 350 g/mol. The summed E-state index contributed by atoms with van der Waals surface area (Å²) in [5.74, 6) is 0.0593. The molecule has 3 rings (SSSR count). The van der Waals surface area contributed by atoms with Crippen LogP contribution in [0.15, 0.2) is 60.0 Å². The van der Waals surface area contributed by atoms with Gasteiger partial charge in [-0.1, -0.05) is 75.4 Å². The second-order valence-electron chi connectivity index (χ2n) is 7.03. The highest BCUT2D eigenvalue weighted by Crippen LogP contribution is 2.28. The van der Waals surface area contributed by atoms with Crippen molar-refractivity contribution in [3.05, 3.63) is 65.5 Å². The Bertz CT molecular complexity index is 846. The highest BCUT2D eigenvalue weighted by atomic mass is 32.1. The molecule has 0 spiro atoms. The van der Waals surface area contributed by atoms with Gasteiger partial charge in [0.2, 0.25) is 5.91 Å². The molecule has 0 bridgehead atoms. The molecule has 0 aliphatic carbocycles. The summed E-state index contributed by atoms with van der Waals surface area (Å²) in [6.45, 7) is 6.29. The minimum atomic E-state index is -0.366. The third-order valence-electron chi connectivity index (χ3n) is 3.91. The van der Waals surface area contributed by atoms with Gasteiger partial charge in [0.25, 0.3) is 0 Å². The second-order valence-corrected chi connectivity index (χ2v) is 7.89. The zero-order valence-electron chi connectivity index (χ0n) is 14.7. The molecule has 0 saturated heterocycles. The van der Waals surface area contributed by atoms with E-state index >= 15 is 0 Å². The van der Waals surface area contributed by atoms with Crippen LogP contribution in [0.25, 0.3) is 21.8 Å². The van der Waals surface area contributed by atoms with Crippen LogP contribution in [0.3, 0.4) is 0 Å². The summed E-state index contributed by atoms with van der Waals surface area (Å²) in [4.78, 5) is 16.7. The van der Waals surface area contributed by atoms with Gasteiger partial charge in [0.1, 0.15) is 5.01 Å². The number of carbonyl (C=O) groups is 1. The van der Waals surface area contributed by atoms with Crippen molar-refractivity contribution >= 4 is 17.2 Å². The molecule has 0 fully saturated rings. The maximum atomic E-state index is 11.9. The molecule has 2 aromatic carbocycles. The van der Waals surface area contributed by atoms with E-state index < -0.39 is 0 Å². The molecule has 128 valence electrons. The lowest BCUT2D eigenvalue weighted by Gasteiger charge is -2.17. The Kier molecular flexibility index (Phi) is 5.00. The lowest BCUT2D eigenvalue weighted by atomic mass is 9.95. The average Bonchev–Trinajstić information content (AvgIpc) is 3.10. The molecule has 25 heavy (non-hydrogen) atoms. The maximum absolute atomic E-state index is 11.9. The van der Waals surface area contributed by atoms with E-state index in [2.05, 4.69) is 35.0 Å². The van der Waals surface area contributed by atoms with Crippen LogP contribution in [0.1, 0.15) is 26.3 Å². The van der Waals surface area contributed by atoms with Crippen molar-refractivity contribution in [2.45, 2.75) is 27.3 Å². The first-order valence-corrected chi connectivity index (χ1v) is 9.20. The summed E-state index contributed by atoms with van der Waals surface area (Å²) in [5.41, 5.74) is 3.95. The molecule has 0 saturated carbocycles. The lowest BCUT2D eigenvalue weighted by molar-refractivity contribution is -0.128. The van der Waals surface area contributed by atoms with E-state index in [4.69, 9.17) is 4.98 Å². The van der Waals surface area contributed by atoms with Gasteiger partial charge in [-0.25, -0.2) is 4.98 Å². The van der Waals surface area contributed by atoms with Gasteiger partial charge in [-0.3, -0.25) is 4.79 Å². The summed E-state index contributed by atoms with van der Waals surface area (Å²) >= 11 is 1.64. The molecular formula is C21H22N2OS. The van der Waals surface area contributed by atoms with E-state index in [1.54, 1.807) is 11.3 Å². The fourth-order valence-electron chi connectivity index (χ4n) is 2.36. The van der Waals surface area contributed by atoms with Crippen molar-refractivity contribution in [1.82, 2.24) is 10.3 Å². The largest absolute Gasteiger partial charge is 0.352 e. The topological polar surface area (TPSA) is 42.0 Å². The summed E-state index contributed by atoms with van der Waals surface area (Å²) in [7, 11) is 0. The predicted octanol–water partition coefficient (Wildman–Crippen LogP) is 5.14. The third-order valence-corrected chi connectivity index (χ3v) is 4.80. The zero-order valence-corrected chi connectivity index (χ0v) is 15.6. The first-order valence-electron chi connectivity index (χ1n) is 8.32. The van der Waals surface area contributed by atoms with E-state index in [-0.39, 0.29) is 11.3 Å². The Hall–Kier alpha value is -2.46. The molecule has 1 N–H and O–H groups in total. The highest BCUT2D eigenvalue weighted by molar-refractivity contribution is 7.13. The number of carbonyl (C=O) groups excluding carboxylic acids is 1. The van der Waals surface area contributed by atoms with Gasteiger partial charge in [-0.05, 0) is 5.56 Å². The molecule has 3 aromatic rings. The van der Waals surface area contributed by atoms with Crippen molar-refractivity contribution in [2.24, 2.45) is 5.41 Å². The molecule has 0 unspecified atom stereocenters. The summed E-state index contributed by atoms with van der Waals surface area (Å²) < 4.78 is 0. The van der Waals surface area contributed by atoms with Gasteiger partial charge >= 0.3 is 0 Å². The molecule has 0 atom stereocenters. The van der Waals surface area contributed by atoms with Crippen LogP contribution in [0.5, 0.6) is 0 Å². The maximum Gasteiger partial charge on any atom is 0.225 e. The number of nitrogens with one attached hydrogen (secondary N) is 1. The van der Waals surface area contributed by atoms with Crippen LogP contribution < -0.4 is 5.32 Å². The van der Waals surface area contributed by atoms with Gasteiger partial charge in [0.15, 0.2) is 0 Å². The Balaban J connectivity index is 1.69. The fourth-order valence-corrected chi connectivity index (χ4v) is 3.20. The van der Waals surface area contributed by atoms with Crippen LogP contribution >= 0.6 is 11.3 Å². The van der Waals surface area contributed by atoms with E-state index in [0.29, 0.717) is 6.54 Å². The summed E-state index contributed by atoms with van der Waals surface area (Å²) in [6, 6.07) is 18.4. The van der Waals surface area contributed by atoms with Gasteiger partial charge in [0.05, 0.1) is 5.69 Å². The molecule has 4 heteroatoms. The van der Waals surface area contributed by atoms with Crippen LogP contribution in [-0.4, -0.2) is 10.9 Å². The zero-order chi connectivity index (χ0) is 17.9. The third kappa shape index (κ3) is 4.34. The minimum absolute atomic E-state index is 0.0593. The fraction of sp³-hybridized carbons (Fsp3) is 0.238. The van der Waals surface area contributed by atoms with Crippen LogP contribution in [-0.2, 0) is 11.3 Å². The quantitative estimate of drug-likeness (QED) is 0.708. The Morgan fingerprint density at radius 2 is 1.68 bits per heavy atom. The predicted molar refractivity (Wildman–Crippen MR) is 104 cm³/mol. The number of rotatable bonds is 4. The van der Waals surface area contributed by atoms with E-state index in [1.165, 1.54) is 0 Å². The van der Waals surface area contributed by atoms with Crippen LogP contribution in [0.4, 0.5) is 0 Å². The van der Waals surface area contributed by atoms with Crippen molar-refractivity contribution < 1.29 is 4.79 Å². The average molecular weight is 350 g/mol. The number of benzene rings is 2. The first kappa shape index (κ1) is 17.4. The van der Waals surface area contributed by atoms with Gasteiger partial charge in [0, 0.05) is 28.5 Å². The number of aromatic nitrogens is 1. The molecule has 1 aromatic heterocycles. The number of nitrogens with zero attached hydrogens (tertiary/aromatic N) is 1.